The molecule has 0 aromatic heterocycles. The molecule has 1 aromatic rings. The highest BCUT2D eigenvalue weighted by Crippen LogP contribution is 2.56. The summed E-state index contributed by atoms with van der Waals surface area (Å²) in [4.78, 5) is 22.3. The number of halogens is 1. The molecule has 3 aliphatic heterocycles. The van der Waals surface area contributed by atoms with Gasteiger partial charge in [0.05, 0.1) is 0 Å². The van der Waals surface area contributed by atoms with Crippen molar-refractivity contribution in [1.82, 2.24) is 19.6 Å². The van der Waals surface area contributed by atoms with E-state index in [2.05, 4.69) is 28.8 Å². The van der Waals surface area contributed by atoms with Gasteiger partial charge in [0.1, 0.15) is 11.9 Å². The average molecular weight is 360 g/mol. The van der Waals surface area contributed by atoms with Crippen LogP contribution >= 0.6 is 0 Å². The molecule has 26 heavy (non-hydrogen) atoms. The normalized spacial score (nSPS) is 32.9. The summed E-state index contributed by atoms with van der Waals surface area (Å²) < 4.78 is 13.3. The Morgan fingerprint density at radius 2 is 1.42 bits per heavy atom. The first kappa shape index (κ1) is 17.9. The summed E-state index contributed by atoms with van der Waals surface area (Å²) in [6.45, 7) is 5.89. The maximum atomic E-state index is 13.5. The topological polar surface area (TPSA) is 30.0 Å². The Bertz CT molecular complexity index is 666. The number of amides is 1. The second kappa shape index (κ2) is 6.01. The molecule has 3 aliphatic rings. The molecule has 5 nitrogen and oxygen atoms in total. The van der Waals surface area contributed by atoms with Gasteiger partial charge in [0, 0.05) is 50.1 Å². The van der Waals surface area contributed by atoms with E-state index < -0.39 is 0 Å². The van der Waals surface area contributed by atoms with E-state index in [9.17, 15) is 9.18 Å². The quantitative estimate of drug-likeness (QED) is 0.809. The van der Waals surface area contributed by atoms with E-state index in [1.165, 1.54) is 12.1 Å². The zero-order valence-electron chi connectivity index (χ0n) is 16.2. The molecule has 1 aromatic carbocycles. The number of likely N-dealkylation sites (tertiary alicyclic amines) is 3. The summed E-state index contributed by atoms with van der Waals surface area (Å²) in [5, 5.41) is 0. The van der Waals surface area contributed by atoms with Crippen LogP contribution in [0.15, 0.2) is 24.3 Å². The fourth-order valence-corrected chi connectivity index (χ4v) is 5.91. The summed E-state index contributed by atoms with van der Waals surface area (Å²) >= 11 is 0. The van der Waals surface area contributed by atoms with Crippen LogP contribution in [-0.2, 0) is 4.79 Å². The first-order valence-electron chi connectivity index (χ1n) is 9.33. The van der Waals surface area contributed by atoms with Crippen LogP contribution in [0.25, 0.3) is 0 Å². The monoisotopic (exact) mass is 360 g/mol. The molecule has 3 heterocycles. The van der Waals surface area contributed by atoms with Gasteiger partial charge in [-0.05, 0) is 45.9 Å². The van der Waals surface area contributed by atoms with Crippen LogP contribution in [0.3, 0.4) is 0 Å². The van der Waals surface area contributed by atoms with Crippen molar-refractivity contribution in [3.63, 3.8) is 0 Å². The number of benzene rings is 1. The number of carbonyl (C=O) groups excluding carboxylic acids is 1. The van der Waals surface area contributed by atoms with Crippen LogP contribution in [0.5, 0.6) is 0 Å². The van der Waals surface area contributed by atoms with Crippen molar-refractivity contribution in [2.75, 3.05) is 67.5 Å². The minimum atomic E-state index is -0.363. The largest absolute Gasteiger partial charge is 0.340 e. The van der Waals surface area contributed by atoms with E-state index in [-0.39, 0.29) is 28.6 Å². The predicted octanol–water partition coefficient (Wildman–Crippen LogP) is 1.13. The van der Waals surface area contributed by atoms with E-state index in [4.69, 9.17) is 0 Å². The summed E-state index contributed by atoms with van der Waals surface area (Å²) in [6, 6.07) is 5.97. The maximum Gasteiger partial charge on any atom is 0.244 e. The van der Waals surface area contributed by atoms with Crippen LogP contribution < -0.4 is 0 Å². The third-order valence-corrected chi connectivity index (χ3v) is 6.65. The predicted molar refractivity (Wildman–Crippen MR) is 99.3 cm³/mol. The molecular formula is C20H29FN4O. The lowest BCUT2D eigenvalue weighted by Crippen LogP contribution is -2.44. The Morgan fingerprint density at radius 1 is 0.962 bits per heavy atom. The number of hydrogen-bond acceptors (Lipinski definition) is 4. The van der Waals surface area contributed by atoms with Gasteiger partial charge in [0.15, 0.2) is 0 Å². The lowest BCUT2D eigenvalue weighted by Gasteiger charge is -2.32. The van der Waals surface area contributed by atoms with Gasteiger partial charge in [0.25, 0.3) is 0 Å². The van der Waals surface area contributed by atoms with E-state index in [1.54, 1.807) is 12.1 Å². The number of hydrogen-bond donors (Lipinski definition) is 0. The van der Waals surface area contributed by atoms with Crippen LogP contribution in [0, 0.1) is 16.6 Å². The summed E-state index contributed by atoms with van der Waals surface area (Å²) in [5.74, 6) is -0.130. The Labute approximate surface area is 155 Å². The van der Waals surface area contributed by atoms with Gasteiger partial charge in [-0.25, -0.2) is 4.39 Å². The Hall–Kier alpha value is -1.50. The van der Waals surface area contributed by atoms with Crippen LogP contribution in [0.1, 0.15) is 11.6 Å². The van der Waals surface area contributed by atoms with Gasteiger partial charge in [0.2, 0.25) is 5.91 Å². The second-order valence-electron chi connectivity index (χ2n) is 9.02. The van der Waals surface area contributed by atoms with E-state index >= 15 is 0 Å². The van der Waals surface area contributed by atoms with Crippen molar-refractivity contribution in [3.8, 4) is 0 Å². The molecule has 3 saturated heterocycles. The Balaban J connectivity index is 1.60. The van der Waals surface area contributed by atoms with Crippen molar-refractivity contribution < 1.29 is 9.18 Å². The third-order valence-electron chi connectivity index (χ3n) is 6.65. The molecule has 4 rings (SSSR count). The number of nitrogens with zero attached hydrogens (tertiary/aromatic N) is 4. The van der Waals surface area contributed by atoms with E-state index in [0.29, 0.717) is 0 Å². The third kappa shape index (κ3) is 2.58. The zero-order valence-corrected chi connectivity index (χ0v) is 16.2. The first-order valence-corrected chi connectivity index (χ1v) is 9.33. The van der Waals surface area contributed by atoms with Gasteiger partial charge in [-0.1, -0.05) is 12.1 Å². The Morgan fingerprint density at radius 3 is 1.85 bits per heavy atom. The van der Waals surface area contributed by atoms with E-state index in [1.807, 2.05) is 19.0 Å². The zero-order chi connectivity index (χ0) is 18.7. The van der Waals surface area contributed by atoms with Crippen molar-refractivity contribution in [2.24, 2.45) is 10.8 Å². The molecule has 0 spiro atoms. The average Bonchev–Trinajstić information content (AvgIpc) is 3.04. The molecule has 0 aliphatic carbocycles. The van der Waals surface area contributed by atoms with Crippen LogP contribution in [-0.4, -0.2) is 93.0 Å². The lowest BCUT2D eigenvalue weighted by molar-refractivity contribution is -0.136. The van der Waals surface area contributed by atoms with Crippen LogP contribution in [0.4, 0.5) is 4.39 Å². The summed E-state index contributed by atoms with van der Waals surface area (Å²) in [5.41, 5.74) is 1.23. The molecule has 6 heteroatoms. The van der Waals surface area contributed by atoms with Gasteiger partial charge in [-0.3, -0.25) is 9.69 Å². The number of rotatable bonds is 3. The molecule has 0 radical (unpaired) electrons. The SMILES string of the molecule is CN1CC23CN(C)CC2(C1)CN(C(=O)[C@H](c1ccc(F)cc1)N(C)C)C3. The molecule has 1 amide bonds. The molecule has 1 atom stereocenters. The van der Waals surface area contributed by atoms with Gasteiger partial charge < -0.3 is 14.7 Å². The highest BCUT2D eigenvalue weighted by atomic mass is 19.1. The molecule has 142 valence electrons. The standard InChI is InChI=1S/C20H29FN4O/c1-22(2)17(15-5-7-16(21)8-6-15)18(26)25-13-19-9-23(3)10-20(19,14-25)12-24(4)11-19/h5-8,17H,9-14H2,1-4H3/t17-,19?,20?/m0/s1. The smallest absolute Gasteiger partial charge is 0.244 e. The molecule has 0 bridgehead atoms. The molecule has 0 unspecified atom stereocenters. The second-order valence-corrected chi connectivity index (χ2v) is 9.02. The minimum absolute atomic E-state index is 0.141. The van der Waals surface area contributed by atoms with Crippen molar-refractivity contribution in [2.45, 2.75) is 6.04 Å². The van der Waals surface area contributed by atoms with Crippen molar-refractivity contribution >= 4 is 5.91 Å². The van der Waals surface area contributed by atoms with E-state index in [0.717, 1.165) is 44.8 Å². The van der Waals surface area contributed by atoms with Gasteiger partial charge in [-0.2, -0.15) is 0 Å². The van der Waals surface area contributed by atoms with Crippen molar-refractivity contribution in [3.05, 3.63) is 35.6 Å². The highest BCUT2D eigenvalue weighted by Gasteiger charge is 2.66. The maximum absolute atomic E-state index is 13.5. The molecule has 3 fully saturated rings. The van der Waals surface area contributed by atoms with Gasteiger partial charge >= 0.3 is 0 Å². The fraction of sp³-hybridized carbons (Fsp3) is 0.650. The first-order chi connectivity index (χ1) is 12.3. The molecule has 0 saturated carbocycles. The summed E-state index contributed by atoms with van der Waals surface area (Å²) in [6.07, 6.45) is 0. The van der Waals surface area contributed by atoms with Gasteiger partial charge in [-0.15, -0.1) is 0 Å². The highest BCUT2D eigenvalue weighted by molar-refractivity contribution is 5.84. The molecular weight excluding hydrogens is 331 g/mol. The lowest BCUT2D eigenvalue weighted by atomic mass is 9.71. The number of carbonyl (C=O) groups is 1. The molecule has 0 N–H and O–H groups in total. The van der Waals surface area contributed by atoms with Crippen LogP contribution in [0.2, 0.25) is 0 Å². The Kier molecular flexibility index (Phi) is 4.13. The van der Waals surface area contributed by atoms with Crippen molar-refractivity contribution in [1.29, 1.82) is 0 Å². The fourth-order valence-electron chi connectivity index (χ4n) is 5.91. The summed E-state index contributed by atoms with van der Waals surface area (Å²) in [7, 11) is 8.23. The minimum Gasteiger partial charge on any atom is -0.340 e. The number of likely N-dealkylation sites (N-methyl/N-ethyl adjacent to an activating group) is 1.